The Morgan fingerprint density at radius 2 is 0.923 bits per heavy atom. The van der Waals surface area contributed by atoms with Gasteiger partial charge in [0.1, 0.15) is 0 Å². The first-order valence-corrected chi connectivity index (χ1v) is 19.8. The van der Waals surface area contributed by atoms with E-state index in [1.165, 1.54) is 52.5 Å². The van der Waals surface area contributed by atoms with Crippen LogP contribution in [0.1, 0.15) is 0 Å². The summed E-state index contributed by atoms with van der Waals surface area (Å²) < 4.78 is 9.97. The average Bonchev–Trinajstić information content (AvgIpc) is 3.40. The Labute approximate surface area is 246 Å². The van der Waals surface area contributed by atoms with Crippen molar-refractivity contribution in [1.29, 1.82) is 0 Å². The van der Waals surface area contributed by atoms with Gasteiger partial charge in [0.25, 0.3) is 0 Å². The van der Waals surface area contributed by atoms with Crippen LogP contribution in [0.4, 0.5) is 0 Å². The number of fused-ring (bicyclic) bond motifs is 3. The van der Waals surface area contributed by atoms with Gasteiger partial charge in [0, 0.05) is 0 Å². The molecule has 7 aromatic rings. The van der Waals surface area contributed by atoms with Crippen LogP contribution in [0, 0.1) is 0 Å². The molecule has 186 valence electrons. The Morgan fingerprint density at radius 1 is 0.436 bits per heavy atom. The summed E-state index contributed by atoms with van der Waals surface area (Å²) in [7, 11) is 0. The zero-order valence-electron chi connectivity index (χ0n) is 21.2. The summed E-state index contributed by atoms with van der Waals surface area (Å²) in [5.41, 5.74) is 2.68. The van der Waals surface area contributed by atoms with Crippen LogP contribution in [0.3, 0.4) is 0 Å². The van der Waals surface area contributed by atoms with E-state index < -0.39 is 13.3 Å². The van der Waals surface area contributed by atoms with E-state index in [9.17, 15) is 0 Å². The third-order valence-electron chi connectivity index (χ3n) is 7.70. The second-order valence-corrected chi connectivity index (χ2v) is 20.8. The average molecular weight is 689 g/mol. The van der Waals surface area contributed by atoms with E-state index in [1.807, 2.05) is 0 Å². The summed E-state index contributed by atoms with van der Waals surface area (Å²) in [6.45, 7) is 0. The summed E-state index contributed by atoms with van der Waals surface area (Å²) >= 11 is 0.779. The van der Waals surface area contributed by atoms with Crippen LogP contribution in [0.5, 0.6) is 0 Å². The van der Waals surface area contributed by atoms with Crippen LogP contribution in [-0.4, -0.2) is 27.8 Å². The molecule has 0 fully saturated rings. The van der Waals surface area contributed by atoms with E-state index in [1.54, 1.807) is 0 Å². The molecule has 0 aliphatic rings. The molecule has 1 aromatic heterocycles. The monoisotopic (exact) mass is 690 g/mol. The maximum absolute atomic E-state index is 3.83. The molecule has 0 spiro atoms. The summed E-state index contributed by atoms with van der Waals surface area (Å²) in [6.07, 6.45) is 0. The minimum atomic E-state index is -3.30. The fourth-order valence-corrected chi connectivity index (χ4v) is 19.5. The van der Waals surface area contributed by atoms with Crippen LogP contribution < -0.4 is 17.6 Å². The molecule has 0 saturated heterocycles. The second-order valence-electron chi connectivity index (χ2n) is 9.83. The van der Waals surface area contributed by atoms with Gasteiger partial charge in [-0.05, 0) is 0 Å². The van der Waals surface area contributed by atoms with Gasteiger partial charge in [-0.2, -0.15) is 0 Å². The van der Waals surface area contributed by atoms with Gasteiger partial charge in [-0.15, -0.1) is 0 Å². The minimum absolute atomic E-state index is 0.258. The summed E-state index contributed by atoms with van der Waals surface area (Å²) in [6, 6.07) is 56.6. The molecule has 0 radical (unpaired) electrons. The van der Waals surface area contributed by atoms with E-state index in [4.69, 9.17) is 0 Å². The Balaban J connectivity index is 1.53. The molecule has 0 amide bonds. The maximum atomic E-state index is 3.83. The third-order valence-corrected chi connectivity index (χ3v) is 21.7. The standard InChI is InChI=1S/C36H25BrGeSe/c37-34-24-12-23-33-32-22-11-21-31(35(32)39-36(33)34)26-13-10-20-30(25-26)38(27-14-4-1-5-15-27,28-16-6-2-7-17-28)29-18-8-3-9-19-29/h1-25H. The van der Waals surface area contributed by atoms with Crippen molar-refractivity contribution in [2.24, 2.45) is 0 Å². The molecule has 0 N–H and O–H groups in total. The molecule has 0 saturated carbocycles. The van der Waals surface area contributed by atoms with Gasteiger partial charge in [0.2, 0.25) is 0 Å². The van der Waals surface area contributed by atoms with Crippen molar-refractivity contribution in [2.75, 3.05) is 0 Å². The van der Waals surface area contributed by atoms with Gasteiger partial charge in [-0.1, -0.05) is 0 Å². The van der Waals surface area contributed by atoms with E-state index in [2.05, 4.69) is 168 Å². The van der Waals surface area contributed by atoms with Crippen molar-refractivity contribution in [3.8, 4) is 11.1 Å². The van der Waals surface area contributed by atoms with Crippen molar-refractivity contribution in [2.45, 2.75) is 0 Å². The van der Waals surface area contributed by atoms with Crippen molar-refractivity contribution in [1.82, 2.24) is 0 Å². The van der Waals surface area contributed by atoms with Crippen LogP contribution in [-0.2, 0) is 0 Å². The quantitative estimate of drug-likeness (QED) is 0.174. The van der Waals surface area contributed by atoms with Gasteiger partial charge in [-0.25, -0.2) is 0 Å². The van der Waals surface area contributed by atoms with E-state index in [0.717, 1.165) is 0 Å². The first-order valence-electron chi connectivity index (χ1n) is 13.1. The van der Waals surface area contributed by atoms with Crippen LogP contribution in [0.2, 0.25) is 0 Å². The normalized spacial score (nSPS) is 11.7. The van der Waals surface area contributed by atoms with E-state index in [-0.39, 0.29) is 14.5 Å². The number of halogens is 1. The third kappa shape index (κ3) is 4.18. The fourth-order valence-electron chi connectivity index (χ4n) is 6.00. The Kier molecular flexibility index (Phi) is 6.66. The van der Waals surface area contributed by atoms with Crippen molar-refractivity contribution in [3.05, 3.63) is 156 Å². The molecular formula is C36H25BrGeSe. The topological polar surface area (TPSA) is 0 Å². The molecule has 39 heavy (non-hydrogen) atoms. The SMILES string of the molecule is Brc1cccc2c1[se]c1c(-c3ccc[c]([Ge]([c]4ccccc4)([c]4ccccc4)[c]4ccccc4)c3)cccc12. The molecule has 3 heteroatoms. The number of benzene rings is 6. The van der Waals surface area contributed by atoms with Crippen LogP contribution >= 0.6 is 15.9 Å². The fraction of sp³-hybridized carbons (Fsp3) is 0. The Morgan fingerprint density at radius 3 is 1.51 bits per heavy atom. The molecule has 0 bridgehead atoms. The van der Waals surface area contributed by atoms with Gasteiger partial charge in [-0.3, -0.25) is 0 Å². The van der Waals surface area contributed by atoms with Crippen molar-refractivity contribution in [3.63, 3.8) is 0 Å². The molecule has 0 aliphatic heterocycles. The van der Waals surface area contributed by atoms with Gasteiger partial charge in [0.15, 0.2) is 0 Å². The zero-order valence-corrected chi connectivity index (χ0v) is 26.6. The Hall–Kier alpha value is -3.14. The zero-order chi connectivity index (χ0) is 26.2. The van der Waals surface area contributed by atoms with Gasteiger partial charge < -0.3 is 0 Å². The molecule has 0 nitrogen and oxygen atoms in total. The summed E-state index contributed by atoms with van der Waals surface area (Å²) in [5, 5.41) is 2.76. The molecule has 0 aliphatic carbocycles. The molecule has 1 heterocycles. The second kappa shape index (κ2) is 10.4. The number of hydrogen-bond donors (Lipinski definition) is 0. The van der Waals surface area contributed by atoms with Gasteiger partial charge in [0.05, 0.1) is 0 Å². The molecule has 7 rings (SSSR count). The molecule has 0 atom stereocenters. The number of rotatable bonds is 5. The van der Waals surface area contributed by atoms with Crippen molar-refractivity contribution >= 4 is 80.6 Å². The Bertz CT molecular complexity index is 1810. The summed E-state index contributed by atoms with van der Waals surface area (Å²) in [5.74, 6) is 0. The first-order chi connectivity index (χ1) is 19.3. The molecular weight excluding hydrogens is 664 g/mol. The van der Waals surface area contributed by atoms with E-state index >= 15 is 0 Å². The predicted octanol–water partition coefficient (Wildman–Crippen LogP) is 6.86. The first kappa shape index (κ1) is 24.9. The summed E-state index contributed by atoms with van der Waals surface area (Å²) in [4.78, 5) is 0. The predicted molar refractivity (Wildman–Crippen MR) is 175 cm³/mol. The molecule has 6 aromatic carbocycles. The van der Waals surface area contributed by atoms with Crippen LogP contribution in [0.15, 0.2) is 156 Å². The van der Waals surface area contributed by atoms with Crippen molar-refractivity contribution < 1.29 is 0 Å². The van der Waals surface area contributed by atoms with Crippen LogP contribution in [0.25, 0.3) is 30.4 Å². The number of hydrogen-bond acceptors (Lipinski definition) is 0. The van der Waals surface area contributed by atoms with Gasteiger partial charge >= 0.3 is 248 Å². The molecule has 0 unspecified atom stereocenters. The van der Waals surface area contributed by atoms with E-state index in [0.29, 0.717) is 0 Å².